The molecule has 1 N–H and O–H groups in total. The maximum Gasteiger partial charge on any atom is 0.265 e. The monoisotopic (exact) mass is 447 g/mol. The number of hydrogen-bond donors (Lipinski definition) is 1. The first-order chi connectivity index (χ1) is 12.6. The Hall–Kier alpha value is -1.21. The number of aromatic nitrogens is 1. The Kier molecular flexibility index (Phi) is 10.4. The summed E-state index contributed by atoms with van der Waals surface area (Å²) in [6.07, 6.45) is 3.96. The molecule has 0 saturated carbocycles. The zero-order valence-corrected chi connectivity index (χ0v) is 18.7. The first-order valence-corrected chi connectivity index (χ1v) is 10.0. The van der Waals surface area contributed by atoms with Crippen LogP contribution in [-0.4, -0.2) is 42.5 Å². The lowest BCUT2D eigenvalue weighted by atomic mass is 9.93. The number of thiazole rings is 1. The minimum atomic E-state index is -0.238. The molecule has 0 spiro atoms. The Morgan fingerprint density at radius 2 is 1.89 bits per heavy atom. The van der Waals surface area contributed by atoms with Gasteiger partial charge in [-0.3, -0.25) is 4.79 Å². The van der Waals surface area contributed by atoms with Crippen LogP contribution < -0.4 is 5.32 Å². The van der Waals surface area contributed by atoms with Gasteiger partial charge >= 0.3 is 0 Å². The van der Waals surface area contributed by atoms with Gasteiger partial charge in [-0.1, -0.05) is 12.1 Å². The molecule has 2 aromatic rings. The summed E-state index contributed by atoms with van der Waals surface area (Å²) in [7, 11) is 1.98. The van der Waals surface area contributed by atoms with Crippen LogP contribution in [0.2, 0.25) is 0 Å². The van der Waals surface area contributed by atoms with E-state index in [0.717, 1.165) is 53.6 Å². The fraction of sp³-hybridized carbons (Fsp3) is 0.500. The summed E-state index contributed by atoms with van der Waals surface area (Å²) >= 11 is 1.47. The number of likely N-dealkylation sites (tertiary alicyclic amines) is 1. The van der Waals surface area contributed by atoms with E-state index in [2.05, 4.69) is 10.3 Å². The predicted molar refractivity (Wildman–Crippen MR) is 118 cm³/mol. The SMILES string of the molecule is CNCCC1CCN(C(=O)c2sc(Cc3ccc(F)cc3)nc2C)CC1.Cl.Cl. The molecule has 0 aliphatic carbocycles. The number of halogens is 3. The van der Waals surface area contributed by atoms with Crippen molar-refractivity contribution in [3.8, 4) is 0 Å². The molecule has 4 nitrogen and oxygen atoms in total. The van der Waals surface area contributed by atoms with Crippen molar-refractivity contribution in [3.05, 3.63) is 51.2 Å². The van der Waals surface area contributed by atoms with Crippen molar-refractivity contribution >= 4 is 42.1 Å². The number of rotatable bonds is 6. The number of hydrogen-bond acceptors (Lipinski definition) is 4. The molecule has 0 unspecified atom stereocenters. The highest BCUT2D eigenvalue weighted by molar-refractivity contribution is 7.13. The predicted octanol–water partition coefficient (Wildman–Crippen LogP) is 4.49. The highest BCUT2D eigenvalue weighted by Crippen LogP contribution is 2.26. The van der Waals surface area contributed by atoms with Crippen LogP contribution in [-0.2, 0) is 6.42 Å². The van der Waals surface area contributed by atoms with Crippen LogP contribution in [0.1, 0.15) is 45.2 Å². The largest absolute Gasteiger partial charge is 0.338 e. The second kappa shape index (κ2) is 11.7. The molecule has 1 aliphatic rings. The van der Waals surface area contributed by atoms with E-state index in [1.54, 1.807) is 12.1 Å². The van der Waals surface area contributed by atoms with Gasteiger partial charge in [0.2, 0.25) is 0 Å². The molecule has 0 atom stereocenters. The zero-order chi connectivity index (χ0) is 18.5. The van der Waals surface area contributed by atoms with E-state index in [1.165, 1.54) is 29.9 Å². The summed E-state index contributed by atoms with van der Waals surface area (Å²) < 4.78 is 13.0. The number of carbonyl (C=O) groups excluding carboxylic acids is 1. The zero-order valence-electron chi connectivity index (χ0n) is 16.2. The van der Waals surface area contributed by atoms with Gasteiger partial charge in [-0.25, -0.2) is 9.37 Å². The smallest absolute Gasteiger partial charge is 0.265 e. The van der Waals surface area contributed by atoms with Gasteiger partial charge in [-0.2, -0.15) is 0 Å². The van der Waals surface area contributed by atoms with Crippen LogP contribution in [0.5, 0.6) is 0 Å². The first kappa shape index (κ1) is 24.8. The number of aryl methyl sites for hydroxylation is 1. The van der Waals surface area contributed by atoms with Gasteiger partial charge in [0.05, 0.1) is 10.7 Å². The second-order valence-electron chi connectivity index (χ2n) is 6.95. The Morgan fingerprint density at radius 1 is 1.25 bits per heavy atom. The first-order valence-electron chi connectivity index (χ1n) is 9.21. The van der Waals surface area contributed by atoms with Gasteiger partial charge in [-0.05, 0) is 63.4 Å². The molecule has 1 aliphatic heterocycles. The average Bonchev–Trinajstić information content (AvgIpc) is 3.02. The van der Waals surface area contributed by atoms with Crippen LogP contribution in [0.4, 0.5) is 4.39 Å². The van der Waals surface area contributed by atoms with E-state index in [4.69, 9.17) is 0 Å². The van der Waals surface area contributed by atoms with Crippen LogP contribution in [0.25, 0.3) is 0 Å². The van der Waals surface area contributed by atoms with E-state index in [-0.39, 0.29) is 36.5 Å². The Balaban J connectivity index is 0.00000196. The van der Waals surface area contributed by atoms with Crippen LogP contribution >= 0.6 is 36.2 Å². The number of nitrogens with one attached hydrogen (secondary N) is 1. The van der Waals surface area contributed by atoms with Crippen LogP contribution in [0.15, 0.2) is 24.3 Å². The third kappa shape index (κ3) is 6.41. The van der Waals surface area contributed by atoms with Gasteiger partial charge in [0.1, 0.15) is 10.7 Å². The molecular weight excluding hydrogens is 420 g/mol. The fourth-order valence-corrected chi connectivity index (χ4v) is 4.49. The van der Waals surface area contributed by atoms with Crippen molar-refractivity contribution in [1.29, 1.82) is 0 Å². The third-order valence-electron chi connectivity index (χ3n) is 5.01. The Morgan fingerprint density at radius 3 is 2.50 bits per heavy atom. The molecule has 2 heterocycles. The number of carbonyl (C=O) groups is 1. The quantitative estimate of drug-likeness (QED) is 0.709. The van der Waals surface area contributed by atoms with Crippen molar-refractivity contribution in [1.82, 2.24) is 15.2 Å². The van der Waals surface area contributed by atoms with Gasteiger partial charge in [0.25, 0.3) is 5.91 Å². The lowest BCUT2D eigenvalue weighted by Gasteiger charge is -2.31. The molecule has 8 heteroatoms. The van der Waals surface area contributed by atoms with E-state index in [0.29, 0.717) is 12.3 Å². The van der Waals surface area contributed by atoms with Gasteiger partial charge < -0.3 is 10.2 Å². The summed E-state index contributed by atoms with van der Waals surface area (Å²) in [6, 6.07) is 6.45. The molecule has 0 radical (unpaired) electrons. The molecule has 1 amide bonds. The van der Waals surface area contributed by atoms with Crippen molar-refractivity contribution in [2.45, 2.75) is 32.6 Å². The van der Waals surface area contributed by atoms with E-state index in [9.17, 15) is 9.18 Å². The molecule has 156 valence electrons. The summed E-state index contributed by atoms with van der Waals surface area (Å²) in [5, 5.41) is 4.10. The lowest BCUT2D eigenvalue weighted by Crippen LogP contribution is -2.38. The summed E-state index contributed by atoms with van der Waals surface area (Å²) in [6.45, 7) is 4.60. The normalized spacial score (nSPS) is 14.3. The van der Waals surface area contributed by atoms with Crippen molar-refractivity contribution in [3.63, 3.8) is 0 Å². The van der Waals surface area contributed by atoms with E-state index in [1.807, 2.05) is 18.9 Å². The fourth-order valence-electron chi connectivity index (χ4n) is 3.42. The molecule has 0 bridgehead atoms. The highest BCUT2D eigenvalue weighted by Gasteiger charge is 2.26. The third-order valence-corrected chi connectivity index (χ3v) is 6.15. The van der Waals surface area contributed by atoms with Gasteiger partial charge in [-0.15, -0.1) is 36.2 Å². The van der Waals surface area contributed by atoms with Crippen molar-refractivity contribution in [2.24, 2.45) is 5.92 Å². The standard InChI is InChI=1S/C20H26FN3OS.2ClH/c1-14-19(20(25)24-11-8-15(9-12-24)7-10-22-2)26-18(23-14)13-16-3-5-17(21)6-4-16;;/h3-6,15,22H,7-13H2,1-2H3;2*1H. The van der Waals surface area contributed by atoms with E-state index >= 15 is 0 Å². The van der Waals surface area contributed by atoms with Crippen molar-refractivity contribution in [2.75, 3.05) is 26.7 Å². The van der Waals surface area contributed by atoms with Crippen LogP contribution in [0.3, 0.4) is 0 Å². The van der Waals surface area contributed by atoms with Gasteiger partial charge in [0.15, 0.2) is 0 Å². The Bertz CT molecular complexity index is 746. The topological polar surface area (TPSA) is 45.2 Å². The molecule has 1 aromatic carbocycles. The number of amides is 1. The van der Waals surface area contributed by atoms with Gasteiger partial charge in [0, 0.05) is 19.5 Å². The molecule has 3 rings (SSSR count). The highest BCUT2D eigenvalue weighted by atomic mass is 35.5. The molecule has 1 saturated heterocycles. The molecule has 1 fully saturated rings. The lowest BCUT2D eigenvalue weighted by molar-refractivity contribution is 0.0691. The maximum absolute atomic E-state index is 13.0. The number of nitrogens with zero attached hydrogens (tertiary/aromatic N) is 2. The molecular formula is C20H28Cl2FN3OS. The molecule has 28 heavy (non-hydrogen) atoms. The maximum atomic E-state index is 13.0. The minimum absolute atomic E-state index is 0. The summed E-state index contributed by atoms with van der Waals surface area (Å²) in [5.41, 5.74) is 1.80. The summed E-state index contributed by atoms with van der Waals surface area (Å²) in [5.74, 6) is 0.582. The van der Waals surface area contributed by atoms with E-state index < -0.39 is 0 Å². The number of benzene rings is 1. The second-order valence-corrected chi connectivity index (χ2v) is 8.04. The average molecular weight is 448 g/mol. The Labute approximate surface area is 182 Å². The minimum Gasteiger partial charge on any atom is -0.338 e. The van der Waals surface area contributed by atoms with Crippen LogP contribution in [0, 0.1) is 18.7 Å². The summed E-state index contributed by atoms with van der Waals surface area (Å²) in [4.78, 5) is 20.2. The molecule has 1 aromatic heterocycles. The number of piperidine rings is 1. The van der Waals surface area contributed by atoms with Crippen molar-refractivity contribution < 1.29 is 9.18 Å².